The Morgan fingerprint density at radius 1 is 1.15 bits per heavy atom. The van der Waals surface area contributed by atoms with Gasteiger partial charge in [0.05, 0.1) is 13.2 Å². The maximum atomic E-state index is 12.0. The van der Waals surface area contributed by atoms with Gasteiger partial charge in [0, 0.05) is 5.56 Å². The van der Waals surface area contributed by atoms with Gasteiger partial charge in [-0.05, 0) is 39.0 Å². The zero-order valence-corrected chi connectivity index (χ0v) is 11.8. The highest BCUT2D eigenvalue weighted by Gasteiger charge is 2.45. The summed E-state index contributed by atoms with van der Waals surface area (Å²) in [6.45, 7) is 6.36. The summed E-state index contributed by atoms with van der Waals surface area (Å²) in [5.74, 6) is 0.772. The Kier molecular flexibility index (Phi) is 3.83. The summed E-state index contributed by atoms with van der Waals surface area (Å²) in [5.41, 5.74) is -0.581. The summed E-state index contributed by atoms with van der Waals surface area (Å²) in [6, 6.07) is 4.73. The average Bonchev–Trinajstić information content (AvgIpc) is 2.66. The van der Waals surface area contributed by atoms with Gasteiger partial charge in [0.2, 0.25) is 0 Å². The van der Waals surface area contributed by atoms with Crippen molar-refractivity contribution in [1.29, 1.82) is 0 Å². The van der Waals surface area contributed by atoms with Crippen molar-refractivity contribution in [2.75, 3.05) is 13.2 Å². The van der Waals surface area contributed by atoms with E-state index in [9.17, 15) is 9.59 Å². The molecule has 1 aromatic rings. The second kappa shape index (κ2) is 5.40. The molecule has 0 aliphatic carbocycles. The molecule has 0 radical (unpaired) electrons. The first kappa shape index (κ1) is 14.2. The molecular weight excluding hydrogens is 260 g/mol. The minimum Gasteiger partial charge on any atom is -0.494 e. The number of amides is 3. The van der Waals surface area contributed by atoms with E-state index in [1.165, 1.54) is 0 Å². The van der Waals surface area contributed by atoms with Crippen LogP contribution < -0.4 is 20.1 Å². The van der Waals surface area contributed by atoms with Gasteiger partial charge in [0.15, 0.2) is 0 Å². The number of ether oxygens (including phenoxy) is 2. The number of imide groups is 1. The van der Waals surface area contributed by atoms with Crippen LogP contribution in [0.1, 0.15) is 26.3 Å². The van der Waals surface area contributed by atoms with E-state index in [2.05, 4.69) is 10.6 Å². The number of hydrogen-bond acceptors (Lipinski definition) is 4. The maximum Gasteiger partial charge on any atom is 0.322 e. The normalized spacial score (nSPS) is 21.4. The molecule has 0 bridgehead atoms. The monoisotopic (exact) mass is 278 g/mol. The minimum absolute atomic E-state index is 0.405. The van der Waals surface area contributed by atoms with Crippen LogP contribution in [0, 0.1) is 0 Å². The smallest absolute Gasteiger partial charge is 0.322 e. The number of carbonyl (C=O) groups is 2. The number of benzene rings is 1. The third kappa shape index (κ3) is 2.41. The van der Waals surface area contributed by atoms with Crippen molar-refractivity contribution in [3.63, 3.8) is 0 Å². The molecule has 0 spiro atoms. The highest BCUT2D eigenvalue weighted by molar-refractivity contribution is 6.07. The van der Waals surface area contributed by atoms with Crippen molar-refractivity contribution in [1.82, 2.24) is 10.6 Å². The predicted octanol–water partition coefficient (Wildman–Crippen LogP) is 1.54. The SMILES string of the molecule is CCOc1ccc(OCC)c(C2(C)NC(=O)NC2=O)c1. The third-order valence-electron chi connectivity index (χ3n) is 3.15. The molecule has 1 saturated heterocycles. The van der Waals surface area contributed by atoms with Crippen molar-refractivity contribution in [2.24, 2.45) is 0 Å². The van der Waals surface area contributed by atoms with Crippen LogP contribution in [0.15, 0.2) is 18.2 Å². The molecule has 3 amide bonds. The first-order valence-electron chi connectivity index (χ1n) is 6.55. The standard InChI is InChI=1S/C14H18N2O4/c1-4-19-9-6-7-11(20-5-2)10(8-9)14(3)12(17)15-13(18)16-14/h6-8H,4-5H2,1-3H3,(H2,15,16,17,18). The van der Waals surface area contributed by atoms with Crippen LogP contribution in [-0.4, -0.2) is 25.2 Å². The van der Waals surface area contributed by atoms with E-state index < -0.39 is 17.5 Å². The molecular formula is C14H18N2O4. The molecule has 108 valence electrons. The summed E-state index contributed by atoms with van der Waals surface area (Å²) in [6.07, 6.45) is 0. The van der Waals surface area contributed by atoms with Crippen LogP contribution in [0.2, 0.25) is 0 Å². The van der Waals surface area contributed by atoms with Gasteiger partial charge in [-0.2, -0.15) is 0 Å². The number of nitrogens with one attached hydrogen (secondary N) is 2. The van der Waals surface area contributed by atoms with E-state index in [4.69, 9.17) is 9.47 Å². The Morgan fingerprint density at radius 2 is 1.85 bits per heavy atom. The zero-order valence-electron chi connectivity index (χ0n) is 11.8. The van der Waals surface area contributed by atoms with Crippen LogP contribution in [0.25, 0.3) is 0 Å². The number of urea groups is 1. The highest BCUT2D eigenvalue weighted by Crippen LogP contribution is 2.35. The first-order chi connectivity index (χ1) is 9.51. The van der Waals surface area contributed by atoms with E-state index in [-0.39, 0.29) is 0 Å². The number of hydrogen-bond donors (Lipinski definition) is 2. The van der Waals surface area contributed by atoms with E-state index >= 15 is 0 Å². The molecule has 0 aromatic heterocycles. The predicted molar refractivity (Wildman–Crippen MR) is 72.8 cm³/mol. The van der Waals surface area contributed by atoms with Gasteiger partial charge in [-0.3, -0.25) is 10.1 Å². The van der Waals surface area contributed by atoms with Crippen LogP contribution in [0.3, 0.4) is 0 Å². The van der Waals surface area contributed by atoms with Gasteiger partial charge in [0.1, 0.15) is 17.0 Å². The minimum atomic E-state index is -1.16. The Morgan fingerprint density at radius 3 is 2.40 bits per heavy atom. The molecule has 20 heavy (non-hydrogen) atoms. The van der Waals surface area contributed by atoms with Crippen molar-refractivity contribution in [3.8, 4) is 11.5 Å². The van der Waals surface area contributed by atoms with Gasteiger partial charge in [0.25, 0.3) is 5.91 Å². The van der Waals surface area contributed by atoms with Gasteiger partial charge in [-0.25, -0.2) is 4.79 Å². The van der Waals surface area contributed by atoms with Crippen molar-refractivity contribution in [3.05, 3.63) is 23.8 Å². The van der Waals surface area contributed by atoms with Gasteiger partial charge in [-0.1, -0.05) is 0 Å². The summed E-state index contributed by atoms with van der Waals surface area (Å²) >= 11 is 0. The van der Waals surface area contributed by atoms with Crippen molar-refractivity contribution < 1.29 is 19.1 Å². The molecule has 0 saturated carbocycles. The van der Waals surface area contributed by atoms with Gasteiger partial charge in [-0.15, -0.1) is 0 Å². The molecule has 2 N–H and O–H groups in total. The zero-order chi connectivity index (χ0) is 14.8. The fraction of sp³-hybridized carbons (Fsp3) is 0.429. The molecule has 6 nitrogen and oxygen atoms in total. The number of carbonyl (C=O) groups excluding carboxylic acids is 2. The Bertz CT molecular complexity index is 544. The largest absolute Gasteiger partial charge is 0.494 e. The molecule has 1 fully saturated rings. The Labute approximate surface area is 117 Å². The van der Waals surface area contributed by atoms with Gasteiger partial charge < -0.3 is 14.8 Å². The topological polar surface area (TPSA) is 76.7 Å². The molecule has 1 aliphatic rings. The van der Waals surface area contributed by atoms with E-state index in [1.54, 1.807) is 25.1 Å². The lowest BCUT2D eigenvalue weighted by Gasteiger charge is -2.24. The van der Waals surface area contributed by atoms with Crippen LogP contribution in [-0.2, 0) is 10.3 Å². The Hall–Kier alpha value is -2.24. The molecule has 1 unspecified atom stereocenters. The summed E-state index contributed by atoms with van der Waals surface area (Å²) in [7, 11) is 0. The third-order valence-corrected chi connectivity index (χ3v) is 3.15. The summed E-state index contributed by atoms with van der Waals surface area (Å²) in [5, 5.41) is 4.87. The lowest BCUT2D eigenvalue weighted by molar-refractivity contribution is -0.123. The van der Waals surface area contributed by atoms with E-state index in [1.807, 2.05) is 13.8 Å². The molecule has 1 heterocycles. The average molecular weight is 278 g/mol. The maximum absolute atomic E-state index is 12.0. The summed E-state index contributed by atoms with van der Waals surface area (Å²) < 4.78 is 11.0. The molecule has 1 aliphatic heterocycles. The lowest BCUT2D eigenvalue weighted by Crippen LogP contribution is -2.40. The van der Waals surface area contributed by atoms with Crippen molar-refractivity contribution >= 4 is 11.9 Å². The van der Waals surface area contributed by atoms with Crippen molar-refractivity contribution in [2.45, 2.75) is 26.3 Å². The highest BCUT2D eigenvalue weighted by atomic mass is 16.5. The van der Waals surface area contributed by atoms with Gasteiger partial charge >= 0.3 is 6.03 Å². The molecule has 1 atom stereocenters. The second-order valence-electron chi connectivity index (χ2n) is 4.56. The second-order valence-corrected chi connectivity index (χ2v) is 4.56. The van der Waals surface area contributed by atoms with Crippen LogP contribution in [0.4, 0.5) is 4.79 Å². The molecule has 1 aromatic carbocycles. The number of rotatable bonds is 5. The molecule has 2 rings (SSSR count). The van der Waals surface area contributed by atoms with E-state index in [0.29, 0.717) is 30.3 Å². The summed E-state index contributed by atoms with van der Waals surface area (Å²) in [4.78, 5) is 23.4. The van der Waals surface area contributed by atoms with Crippen LogP contribution >= 0.6 is 0 Å². The fourth-order valence-corrected chi connectivity index (χ4v) is 2.17. The molecule has 6 heteroatoms. The fourth-order valence-electron chi connectivity index (χ4n) is 2.17. The van der Waals surface area contributed by atoms with Crippen LogP contribution in [0.5, 0.6) is 11.5 Å². The Balaban J connectivity index is 2.48. The first-order valence-corrected chi connectivity index (χ1v) is 6.55. The van der Waals surface area contributed by atoms with E-state index in [0.717, 1.165) is 0 Å². The quantitative estimate of drug-likeness (QED) is 0.801. The lowest BCUT2D eigenvalue weighted by atomic mass is 9.91.